The van der Waals surface area contributed by atoms with Crippen LogP contribution in [0.15, 0.2) is 4.60 Å². The normalized spacial score (nSPS) is 9.75. The molecule has 1 heterocycles. The van der Waals surface area contributed by atoms with E-state index in [1.165, 1.54) is 0 Å². The van der Waals surface area contributed by atoms with Crippen molar-refractivity contribution < 1.29 is 0 Å². The van der Waals surface area contributed by atoms with Gasteiger partial charge in [0, 0.05) is 0 Å². The molecule has 0 aliphatic heterocycles. The molecule has 0 atom stereocenters. The summed E-state index contributed by atoms with van der Waals surface area (Å²) in [5.74, 6) is 0. The van der Waals surface area contributed by atoms with E-state index in [1.54, 1.807) is 0 Å². The van der Waals surface area contributed by atoms with Crippen molar-refractivity contribution in [3.05, 3.63) is 10.3 Å². The molecule has 0 bridgehead atoms. The second-order valence-electron chi connectivity index (χ2n) is 1.19. The van der Waals surface area contributed by atoms with Crippen molar-refractivity contribution in [1.29, 1.82) is 0 Å². The van der Waals surface area contributed by atoms with Crippen LogP contribution in [0.5, 0.6) is 0 Å². The lowest BCUT2D eigenvalue weighted by Gasteiger charge is -1.79. The molecule has 1 aromatic heterocycles. The van der Waals surface area contributed by atoms with Gasteiger partial charge in [-0.1, -0.05) is 15.9 Å². The maximum atomic E-state index is 3.80. The minimum atomic E-state index is 0.726. The Morgan fingerprint density at radius 1 is 1.50 bits per heavy atom. The van der Waals surface area contributed by atoms with Crippen LogP contribution in [0.1, 0.15) is 5.69 Å². The molecule has 0 unspecified atom stereocenters. The van der Waals surface area contributed by atoms with Crippen molar-refractivity contribution in [2.75, 3.05) is 0 Å². The van der Waals surface area contributed by atoms with E-state index in [2.05, 4.69) is 47.3 Å². The van der Waals surface area contributed by atoms with Gasteiger partial charge in [0.2, 0.25) is 0 Å². The first-order valence-corrected chi connectivity index (χ1v) is 3.87. The van der Waals surface area contributed by atoms with E-state index in [1.807, 2.05) is 0 Å². The molecular formula is C3H3Br2N3. The van der Waals surface area contributed by atoms with E-state index in [4.69, 9.17) is 0 Å². The third-order valence-corrected chi connectivity index (χ3v) is 1.86. The molecule has 0 aliphatic rings. The van der Waals surface area contributed by atoms with E-state index >= 15 is 0 Å². The highest BCUT2D eigenvalue weighted by Gasteiger charge is 1.99. The number of nitrogens with zero attached hydrogens (tertiary/aromatic N) is 2. The molecule has 0 radical (unpaired) electrons. The molecule has 0 saturated heterocycles. The van der Waals surface area contributed by atoms with Gasteiger partial charge in [-0.05, 0) is 15.9 Å². The Morgan fingerprint density at radius 3 is 2.50 bits per heavy atom. The molecule has 1 rings (SSSR count). The second-order valence-corrected chi connectivity index (χ2v) is 2.51. The van der Waals surface area contributed by atoms with Gasteiger partial charge in [0.25, 0.3) is 0 Å². The maximum Gasteiger partial charge on any atom is 0.152 e. The standard InChI is InChI=1S/C3H3Br2N3/c4-1-2-3(5)7-8-6-2/h1H2,(H,6,7,8). The van der Waals surface area contributed by atoms with Gasteiger partial charge in [-0.3, -0.25) is 0 Å². The van der Waals surface area contributed by atoms with Gasteiger partial charge in [-0.2, -0.15) is 10.3 Å². The van der Waals surface area contributed by atoms with Gasteiger partial charge in [0.1, 0.15) is 5.69 Å². The zero-order valence-corrected chi connectivity index (χ0v) is 7.03. The molecule has 8 heavy (non-hydrogen) atoms. The lowest BCUT2D eigenvalue weighted by molar-refractivity contribution is 0.923. The fourth-order valence-electron chi connectivity index (χ4n) is 0.325. The first kappa shape index (κ1) is 6.22. The molecule has 0 fully saturated rings. The van der Waals surface area contributed by atoms with E-state index in [9.17, 15) is 0 Å². The molecule has 5 heteroatoms. The highest BCUT2D eigenvalue weighted by Crippen LogP contribution is 2.11. The average Bonchev–Trinajstić information content (AvgIpc) is 2.14. The van der Waals surface area contributed by atoms with Crippen LogP contribution in [0.2, 0.25) is 0 Å². The first-order valence-electron chi connectivity index (χ1n) is 1.95. The average molecular weight is 241 g/mol. The SMILES string of the molecule is BrCc1n[nH]nc1Br. The van der Waals surface area contributed by atoms with Crippen LogP contribution < -0.4 is 0 Å². The summed E-state index contributed by atoms with van der Waals surface area (Å²) in [6.07, 6.45) is 0. The summed E-state index contributed by atoms with van der Waals surface area (Å²) in [5.41, 5.74) is 0.894. The Bertz CT molecular complexity index is 173. The van der Waals surface area contributed by atoms with E-state index in [0.29, 0.717) is 0 Å². The highest BCUT2D eigenvalue weighted by molar-refractivity contribution is 9.10. The predicted octanol–water partition coefficient (Wildman–Crippen LogP) is 1.46. The Labute approximate surface area is 63.1 Å². The highest BCUT2D eigenvalue weighted by atomic mass is 79.9. The first-order chi connectivity index (χ1) is 3.84. The van der Waals surface area contributed by atoms with Crippen LogP contribution in [-0.4, -0.2) is 15.4 Å². The monoisotopic (exact) mass is 239 g/mol. The maximum absolute atomic E-state index is 3.80. The fourth-order valence-corrected chi connectivity index (χ4v) is 1.40. The van der Waals surface area contributed by atoms with Gasteiger partial charge >= 0.3 is 0 Å². The Kier molecular flexibility index (Phi) is 2.01. The minimum Gasteiger partial charge on any atom is -0.197 e. The largest absolute Gasteiger partial charge is 0.197 e. The summed E-state index contributed by atoms with van der Waals surface area (Å²) in [6, 6.07) is 0. The van der Waals surface area contributed by atoms with Gasteiger partial charge in [0.15, 0.2) is 4.60 Å². The number of aromatic nitrogens is 3. The van der Waals surface area contributed by atoms with Crippen LogP contribution in [0.25, 0.3) is 0 Å². The summed E-state index contributed by atoms with van der Waals surface area (Å²) in [4.78, 5) is 0. The quantitative estimate of drug-likeness (QED) is 0.756. The number of alkyl halides is 1. The van der Waals surface area contributed by atoms with Crippen LogP contribution >= 0.6 is 31.9 Å². The molecule has 0 aromatic carbocycles. The molecule has 0 saturated carbocycles. The van der Waals surface area contributed by atoms with E-state index < -0.39 is 0 Å². The van der Waals surface area contributed by atoms with Gasteiger partial charge < -0.3 is 0 Å². The molecule has 1 aromatic rings. The van der Waals surface area contributed by atoms with Crippen molar-refractivity contribution in [3.8, 4) is 0 Å². The number of halogens is 2. The number of rotatable bonds is 1. The Morgan fingerprint density at radius 2 is 2.25 bits per heavy atom. The molecular weight excluding hydrogens is 238 g/mol. The lowest BCUT2D eigenvalue weighted by atomic mass is 10.6. The molecule has 0 amide bonds. The van der Waals surface area contributed by atoms with Crippen molar-refractivity contribution >= 4 is 31.9 Å². The third-order valence-electron chi connectivity index (χ3n) is 0.698. The summed E-state index contributed by atoms with van der Waals surface area (Å²) in [7, 11) is 0. The number of hydrogen-bond donors (Lipinski definition) is 1. The minimum absolute atomic E-state index is 0.726. The molecule has 1 N–H and O–H groups in total. The molecule has 44 valence electrons. The van der Waals surface area contributed by atoms with E-state index in [-0.39, 0.29) is 0 Å². The number of H-pyrrole nitrogens is 1. The van der Waals surface area contributed by atoms with Crippen LogP contribution in [0.4, 0.5) is 0 Å². The fraction of sp³-hybridized carbons (Fsp3) is 0.333. The summed E-state index contributed by atoms with van der Waals surface area (Å²) in [6.45, 7) is 0. The van der Waals surface area contributed by atoms with Gasteiger partial charge in [-0.25, -0.2) is 0 Å². The van der Waals surface area contributed by atoms with Crippen LogP contribution in [0.3, 0.4) is 0 Å². The third kappa shape index (κ3) is 1.08. The van der Waals surface area contributed by atoms with Crippen LogP contribution in [0, 0.1) is 0 Å². The summed E-state index contributed by atoms with van der Waals surface area (Å²) >= 11 is 6.43. The van der Waals surface area contributed by atoms with Crippen LogP contribution in [-0.2, 0) is 5.33 Å². The lowest BCUT2D eigenvalue weighted by Crippen LogP contribution is -1.75. The molecule has 3 nitrogen and oxygen atoms in total. The molecule has 0 aliphatic carbocycles. The Hall–Kier alpha value is 0.1000. The number of nitrogens with one attached hydrogen (secondary N) is 1. The smallest absolute Gasteiger partial charge is 0.152 e. The summed E-state index contributed by atoms with van der Waals surface area (Å²) < 4.78 is 0.773. The number of aromatic amines is 1. The van der Waals surface area contributed by atoms with Crippen molar-refractivity contribution in [3.63, 3.8) is 0 Å². The zero-order chi connectivity index (χ0) is 5.98. The predicted molar refractivity (Wildman–Crippen MR) is 36.7 cm³/mol. The zero-order valence-electron chi connectivity index (χ0n) is 3.86. The van der Waals surface area contributed by atoms with Crippen molar-refractivity contribution in [2.45, 2.75) is 5.33 Å². The summed E-state index contributed by atoms with van der Waals surface area (Å²) in [5, 5.41) is 10.7. The topological polar surface area (TPSA) is 41.6 Å². The van der Waals surface area contributed by atoms with Gasteiger partial charge in [-0.15, -0.1) is 5.10 Å². The van der Waals surface area contributed by atoms with Gasteiger partial charge in [0.05, 0.1) is 5.33 Å². The Balaban J connectivity index is 2.92. The van der Waals surface area contributed by atoms with E-state index in [0.717, 1.165) is 15.6 Å². The second kappa shape index (κ2) is 2.59. The molecule has 0 spiro atoms. The van der Waals surface area contributed by atoms with Crippen molar-refractivity contribution in [1.82, 2.24) is 15.4 Å². The number of hydrogen-bond acceptors (Lipinski definition) is 2. The van der Waals surface area contributed by atoms with Crippen molar-refractivity contribution in [2.24, 2.45) is 0 Å².